The minimum absolute atomic E-state index is 1.37. The quantitative estimate of drug-likeness (QED) is 0.227. The lowest BCUT2D eigenvalue weighted by Crippen LogP contribution is -2.51. The van der Waals surface area contributed by atoms with Crippen LogP contribution in [0.3, 0.4) is 0 Å². The SMILES string of the molecule is c1ccc([SiH](c2ccccc2)c2ccc3sc4ccccc4c3c2)cc1.c1ccsc1. The van der Waals surface area contributed by atoms with E-state index in [-0.39, 0.29) is 0 Å². The van der Waals surface area contributed by atoms with Gasteiger partial charge in [0.15, 0.2) is 0 Å². The molecule has 0 bridgehead atoms. The van der Waals surface area contributed by atoms with E-state index in [0.29, 0.717) is 0 Å². The van der Waals surface area contributed by atoms with Crippen molar-refractivity contribution in [2.75, 3.05) is 0 Å². The summed E-state index contributed by atoms with van der Waals surface area (Å²) in [7, 11) is -1.47. The van der Waals surface area contributed by atoms with Crippen molar-refractivity contribution in [2.45, 2.75) is 0 Å². The molecular formula is C28H22S2Si. The summed E-state index contributed by atoms with van der Waals surface area (Å²) in [6.07, 6.45) is 0. The third-order valence-electron chi connectivity index (χ3n) is 5.43. The van der Waals surface area contributed by atoms with E-state index in [1.54, 1.807) is 11.3 Å². The molecule has 0 unspecified atom stereocenters. The predicted molar refractivity (Wildman–Crippen MR) is 143 cm³/mol. The summed E-state index contributed by atoms with van der Waals surface area (Å²) in [6, 6.07) is 41.9. The second-order valence-corrected chi connectivity index (χ2v) is 12.2. The maximum Gasteiger partial charge on any atom is 0.132 e. The normalized spacial score (nSPS) is 10.9. The Morgan fingerprint density at radius 1 is 0.452 bits per heavy atom. The van der Waals surface area contributed by atoms with Crippen LogP contribution in [0.15, 0.2) is 126 Å². The Hall–Kier alpha value is -2.98. The van der Waals surface area contributed by atoms with Crippen molar-refractivity contribution in [1.29, 1.82) is 0 Å². The molecule has 6 aromatic rings. The molecule has 0 radical (unpaired) electrons. The van der Waals surface area contributed by atoms with E-state index >= 15 is 0 Å². The van der Waals surface area contributed by atoms with Crippen LogP contribution < -0.4 is 15.6 Å². The zero-order chi connectivity index (χ0) is 20.9. The zero-order valence-electron chi connectivity index (χ0n) is 17.0. The van der Waals surface area contributed by atoms with E-state index in [1.807, 2.05) is 34.2 Å². The van der Waals surface area contributed by atoms with Crippen LogP contribution in [0.1, 0.15) is 0 Å². The molecule has 0 nitrogen and oxygen atoms in total. The van der Waals surface area contributed by atoms with E-state index in [1.165, 1.54) is 35.7 Å². The van der Waals surface area contributed by atoms with Crippen molar-refractivity contribution >= 4 is 67.2 Å². The number of rotatable bonds is 3. The molecule has 3 heteroatoms. The van der Waals surface area contributed by atoms with Gasteiger partial charge in [-0.3, -0.25) is 0 Å². The Kier molecular flexibility index (Phi) is 6.07. The van der Waals surface area contributed by atoms with Crippen molar-refractivity contribution in [3.63, 3.8) is 0 Å². The van der Waals surface area contributed by atoms with Gasteiger partial charge in [0.05, 0.1) is 0 Å². The van der Waals surface area contributed by atoms with Crippen molar-refractivity contribution in [3.05, 3.63) is 126 Å². The number of hydrogen-bond acceptors (Lipinski definition) is 2. The summed E-state index contributed by atoms with van der Waals surface area (Å²) >= 11 is 3.60. The van der Waals surface area contributed by atoms with Crippen LogP contribution in [-0.4, -0.2) is 8.80 Å². The third kappa shape index (κ3) is 4.40. The van der Waals surface area contributed by atoms with E-state index < -0.39 is 8.80 Å². The summed E-state index contributed by atoms with van der Waals surface area (Å²) in [4.78, 5) is 0. The standard InChI is InChI=1S/C24H18SSi.C4H4S/c1-3-9-18(10-4-1)26(19-11-5-2-6-12-19)20-15-16-24-22(17-20)21-13-7-8-14-23(21)25-24;1-2-4-5-3-1/h1-17,26H;1-4H. The third-order valence-corrected chi connectivity index (χ3v) is 10.3. The van der Waals surface area contributed by atoms with Crippen LogP contribution in [0.2, 0.25) is 0 Å². The first-order valence-electron chi connectivity index (χ1n) is 10.4. The summed E-state index contributed by atoms with van der Waals surface area (Å²) in [6.45, 7) is 0. The van der Waals surface area contributed by atoms with Gasteiger partial charge in [0, 0.05) is 20.2 Å². The summed E-state index contributed by atoms with van der Waals surface area (Å²) in [5.74, 6) is 0. The smallest absolute Gasteiger partial charge is 0.132 e. The minimum Gasteiger partial charge on any atom is -0.152 e. The minimum atomic E-state index is -1.47. The lowest BCUT2D eigenvalue weighted by Gasteiger charge is -2.17. The van der Waals surface area contributed by atoms with Crippen molar-refractivity contribution in [2.24, 2.45) is 0 Å². The van der Waals surface area contributed by atoms with E-state index in [9.17, 15) is 0 Å². The molecule has 0 saturated heterocycles. The van der Waals surface area contributed by atoms with Crippen LogP contribution in [-0.2, 0) is 0 Å². The molecule has 4 aromatic carbocycles. The van der Waals surface area contributed by atoms with Gasteiger partial charge in [-0.2, -0.15) is 11.3 Å². The van der Waals surface area contributed by atoms with Crippen LogP contribution in [0.5, 0.6) is 0 Å². The lowest BCUT2D eigenvalue weighted by molar-refractivity contribution is 1.73. The topological polar surface area (TPSA) is 0 Å². The fraction of sp³-hybridized carbons (Fsp3) is 0. The van der Waals surface area contributed by atoms with E-state index in [2.05, 4.69) is 103 Å². The summed E-state index contributed by atoms with van der Waals surface area (Å²) in [5, 5.41) is 11.3. The van der Waals surface area contributed by atoms with Crippen molar-refractivity contribution < 1.29 is 0 Å². The van der Waals surface area contributed by atoms with Gasteiger partial charge >= 0.3 is 0 Å². The highest BCUT2D eigenvalue weighted by atomic mass is 32.1. The summed E-state index contributed by atoms with van der Waals surface area (Å²) in [5.41, 5.74) is 0. The lowest BCUT2D eigenvalue weighted by atomic mass is 10.1. The van der Waals surface area contributed by atoms with Crippen molar-refractivity contribution in [1.82, 2.24) is 0 Å². The predicted octanol–water partition coefficient (Wildman–Crippen LogP) is 6.05. The first-order valence-corrected chi connectivity index (χ1v) is 13.9. The first-order chi connectivity index (χ1) is 15.4. The molecule has 0 N–H and O–H groups in total. The molecule has 0 spiro atoms. The Labute approximate surface area is 192 Å². The molecule has 2 heterocycles. The molecule has 0 aliphatic rings. The average molecular weight is 451 g/mol. The van der Waals surface area contributed by atoms with Crippen LogP contribution in [0, 0.1) is 0 Å². The molecule has 6 rings (SSSR count). The van der Waals surface area contributed by atoms with Gasteiger partial charge in [-0.1, -0.05) is 119 Å². The number of fused-ring (bicyclic) bond motifs is 3. The second-order valence-electron chi connectivity index (χ2n) is 7.40. The van der Waals surface area contributed by atoms with Gasteiger partial charge in [0.2, 0.25) is 0 Å². The molecule has 0 saturated carbocycles. The van der Waals surface area contributed by atoms with E-state index in [0.717, 1.165) is 0 Å². The molecule has 0 atom stereocenters. The maximum atomic E-state index is 2.45. The average Bonchev–Trinajstić information content (AvgIpc) is 3.53. The van der Waals surface area contributed by atoms with Gasteiger partial charge in [0.1, 0.15) is 8.80 Å². The highest BCUT2D eigenvalue weighted by Crippen LogP contribution is 2.32. The second kappa shape index (κ2) is 9.44. The number of thiophene rings is 2. The molecule has 0 amide bonds. The van der Waals surface area contributed by atoms with Gasteiger partial charge in [-0.25, -0.2) is 0 Å². The van der Waals surface area contributed by atoms with Gasteiger partial charge in [-0.15, -0.1) is 11.3 Å². The highest BCUT2D eigenvalue weighted by molar-refractivity contribution is 7.25. The largest absolute Gasteiger partial charge is 0.152 e. The molecular weight excluding hydrogens is 429 g/mol. The monoisotopic (exact) mass is 450 g/mol. The Balaban J connectivity index is 0.000000361. The van der Waals surface area contributed by atoms with Gasteiger partial charge < -0.3 is 0 Å². The Morgan fingerprint density at radius 3 is 1.65 bits per heavy atom. The van der Waals surface area contributed by atoms with Crippen LogP contribution in [0.25, 0.3) is 20.2 Å². The molecule has 0 aliphatic carbocycles. The molecule has 31 heavy (non-hydrogen) atoms. The molecule has 0 fully saturated rings. The number of hydrogen-bond donors (Lipinski definition) is 0. The van der Waals surface area contributed by atoms with Crippen molar-refractivity contribution in [3.8, 4) is 0 Å². The van der Waals surface area contributed by atoms with E-state index in [4.69, 9.17) is 0 Å². The maximum absolute atomic E-state index is 2.45. The number of benzene rings is 4. The molecule has 2 aromatic heterocycles. The van der Waals surface area contributed by atoms with Gasteiger partial charge in [0.25, 0.3) is 0 Å². The fourth-order valence-electron chi connectivity index (χ4n) is 4.02. The Bertz CT molecular complexity index is 1310. The first kappa shape index (κ1) is 19.9. The summed E-state index contributed by atoms with van der Waals surface area (Å²) < 4.78 is 2.75. The molecule has 0 aliphatic heterocycles. The van der Waals surface area contributed by atoms with Gasteiger partial charge in [-0.05, 0) is 22.9 Å². The van der Waals surface area contributed by atoms with Crippen LogP contribution in [0.4, 0.5) is 0 Å². The van der Waals surface area contributed by atoms with Crippen LogP contribution >= 0.6 is 22.7 Å². The highest BCUT2D eigenvalue weighted by Gasteiger charge is 2.19. The fourth-order valence-corrected chi connectivity index (χ4v) is 8.55. The zero-order valence-corrected chi connectivity index (χ0v) is 19.8. The molecule has 150 valence electrons. The Morgan fingerprint density at radius 2 is 1.03 bits per heavy atom.